The second-order valence-corrected chi connectivity index (χ2v) is 3.10. The SMILES string of the molecule is CNc1cc(-n2ccnc2)ccc1OC. The fourth-order valence-corrected chi connectivity index (χ4v) is 1.46. The quantitative estimate of drug-likeness (QED) is 0.828. The number of ether oxygens (including phenoxy) is 1. The molecule has 1 heterocycles. The van der Waals surface area contributed by atoms with Crippen molar-refractivity contribution in [2.45, 2.75) is 0 Å². The zero-order chi connectivity index (χ0) is 10.7. The van der Waals surface area contributed by atoms with E-state index >= 15 is 0 Å². The molecule has 0 saturated carbocycles. The van der Waals surface area contributed by atoms with Gasteiger partial charge in [-0.05, 0) is 18.2 Å². The Morgan fingerprint density at radius 3 is 2.87 bits per heavy atom. The molecule has 0 radical (unpaired) electrons. The van der Waals surface area contributed by atoms with Crippen LogP contribution in [0.3, 0.4) is 0 Å². The predicted molar refractivity (Wildman–Crippen MR) is 59.7 cm³/mol. The van der Waals surface area contributed by atoms with Gasteiger partial charge in [-0.2, -0.15) is 0 Å². The highest BCUT2D eigenvalue weighted by atomic mass is 16.5. The summed E-state index contributed by atoms with van der Waals surface area (Å²) in [6, 6.07) is 5.93. The van der Waals surface area contributed by atoms with Crippen LogP contribution in [0.4, 0.5) is 5.69 Å². The molecule has 15 heavy (non-hydrogen) atoms. The Labute approximate surface area is 88.5 Å². The number of aromatic nitrogens is 2. The van der Waals surface area contributed by atoms with Crippen LogP contribution in [0.1, 0.15) is 0 Å². The summed E-state index contributed by atoms with van der Waals surface area (Å²) in [6.45, 7) is 0. The van der Waals surface area contributed by atoms with E-state index in [0.29, 0.717) is 0 Å². The van der Waals surface area contributed by atoms with Crippen LogP contribution in [-0.2, 0) is 0 Å². The Bertz CT molecular complexity index is 437. The number of methoxy groups -OCH3 is 1. The summed E-state index contributed by atoms with van der Waals surface area (Å²) in [5, 5.41) is 3.09. The van der Waals surface area contributed by atoms with Gasteiger partial charge in [0, 0.05) is 25.1 Å². The van der Waals surface area contributed by atoms with Crippen LogP contribution in [-0.4, -0.2) is 23.7 Å². The van der Waals surface area contributed by atoms with Crippen LogP contribution in [0, 0.1) is 0 Å². The molecule has 0 saturated heterocycles. The monoisotopic (exact) mass is 203 g/mol. The number of imidazole rings is 1. The van der Waals surface area contributed by atoms with Crippen molar-refractivity contribution < 1.29 is 4.74 Å². The predicted octanol–water partition coefficient (Wildman–Crippen LogP) is 1.92. The van der Waals surface area contributed by atoms with Gasteiger partial charge in [-0.25, -0.2) is 4.98 Å². The number of nitrogens with zero attached hydrogens (tertiary/aromatic N) is 2. The second kappa shape index (κ2) is 4.04. The van der Waals surface area contributed by atoms with Crippen LogP contribution < -0.4 is 10.1 Å². The summed E-state index contributed by atoms with van der Waals surface area (Å²) in [5.41, 5.74) is 2.02. The van der Waals surface area contributed by atoms with Crippen molar-refractivity contribution in [3.8, 4) is 11.4 Å². The van der Waals surface area contributed by atoms with Crippen LogP contribution >= 0.6 is 0 Å². The highest BCUT2D eigenvalue weighted by Gasteiger charge is 2.03. The maximum atomic E-state index is 5.22. The van der Waals surface area contributed by atoms with Crippen molar-refractivity contribution >= 4 is 5.69 Å². The van der Waals surface area contributed by atoms with Crippen molar-refractivity contribution in [3.05, 3.63) is 36.9 Å². The Morgan fingerprint density at radius 2 is 2.27 bits per heavy atom. The summed E-state index contributed by atoms with van der Waals surface area (Å²) in [5.74, 6) is 0.835. The van der Waals surface area contributed by atoms with Gasteiger partial charge in [-0.15, -0.1) is 0 Å². The molecule has 0 aliphatic rings. The smallest absolute Gasteiger partial charge is 0.142 e. The topological polar surface area (TPSA) is 39.1 Å². The molecule has 0 fully saturated rings. The zero-order valence-electron chi connectivity index (χ0n) is 8.77. The largest absolute Gasteiger partial charge is 0.495 e. The van der Waals surface area contributed by atoms with Crippen molar-refractivity contribution in [2.24, 2.45) is 0 Å². The zero-order valence-corrected chi connectivity index (χ0v) is 8.77. The molecule has 4 heteroatoms. The Morgan fingerprint density at radius 1 is 1.40 bits per heavy atom. The van der Waals surface area contributed by atoms with Gasteiger partial charge in [0.25, 0.3) is 0 Å². The van der Waals surface area contributed by atoms with Crippen LogP contribution in [0.2, 0.25) is 0 Å². The first-order valence-electron chi connectivity index (χ1n) is 4.69. The fraction of sp³-hybridized carbons (Fsp3) is 0.182. The normalized spacial score (nSPS) is 10.0. The van der Waals surface area contributed by atoms with Crippen molar-refractivity contribution in [3.63, 3.8) is 0 Å². The van der Waals surface area contributed by atoms with Crippen molar-refractivity contribution in [1.82, 2.24) is 9.55 Å². The number of hydrogen-bond donors (Lipinski definition) is 1. The van der Waals surface area contributed by atoms with Gasteiger partial charge < -0.3 is 14.6 Å². The standard InChI is InChI=1S/C11H13N3O/c1-12-10-7-9(3-4-11(10)15-2)14-6-5-13-8-14/h3-8,12H,1-2H3. The molecular weight excluding hydrogens is 190 g/mol. The maximum absolute atomic E-state index is 5.22. The molecule has 0 unspecified atom stereocenters. The second-order valence-electron chi connectivity index (χ2n) is 3.10. The number of anilines is 1. The summed E-state index contributed by atoms with van der Waals surface area (Å²) >= 11 is 0. The number of benzene rings is 1. The average molecular weight is 203 g/mol. The minimum Gasteiger partial charge on any atom is -0.495 e. The third-order valence-corrected chi connectivity index (χ3v) is 2.25. The van der Waals surface area contributed by atoms with E-state index < -0.39 is 0 Å². The molecule has 0 bridgehead atoms. The molecule has 0 amide bonds. The lowest BCUT2D eigenvalue weighted by Gasteiger charge is -2.10. The molecule has 0 spiro atoms. The van der Waals surface area contributed by atoms with Gasteiger partial charge in [0.2, 0.25) is 0 Å². The molecule has 1 aromatic heterocycles. The van der Waals surface area contributed by atoms with E-state index in [1.54, 1.807) is 19.6 Å². The Kier molecular flexibility index (Phi) is 2.58. The average Bonchev–Trinajstić information content (AvgIpc) is 2.81. The summed E-state index contributed by atoms with van der Waals surface area (Å²) in [7, 11) is 3.53. The third kappa shape index (κ3) is 1.79. The third-order valence-electron chi connectivity index (χ3n) is 2.25. The molecule has 0 atom stereocenters. The van der Waals surface area contributed by atoms with Crippen LogP contribution in [0.5, 0.6) is 5.75 Å². The van der Waals surface area contributed by atoms with E-state index in [2.05, 4.69) is 10.3 Å². The lowest BCUT2D eigenvalue weighted by Crippen LogP contribution is -1.96. The molecular formula is C11H13N3O. The first-order chi connectivity index (χ1) is 7.35. The summed E-state index contributed by atoms with van der Waals surface area (Å²) < 4.78 is 7.17. The Hall–Kier alpha value is -1.97. The van der Waals surface area contributed by atoms with Gasteiger partial charge in [-0.1, -0.05) is 0 Å². The van der Waals surface area contributed by atoms with Gasteiger partial charge in [0.05, 0.1) is 19.1 Å². The van der Waals surface area contributed by atoms with E-state index in [1.807, 2.05) is 36.0 Å². The minimum absolute atomic E-state index is 0.835. The highest BCUT2D eigenvalue weighted by molar-refractivity contribution is 5.61. The van der Waals surface area contributed by atoms with Gasteiger partial charge in [-0.3, -0.25) is 0 Å². The molecule has 78 valence electrons. The van der Waals surface area contributed by atoms with Gasteiger partial charge in [0.1, 0.15) is 5.75 Å². The molecule has 2 aromatic rings. The molecule has 4 nitrogen and oxygen atoms in total. The lowest BCUT2D eigenvalue weighted by molar-refractivity contribution is 0.416. The van der Waals surface area contributed by atoms with E-state index in [1.165, 1.54) is 0 Å². The van der Waals surface area contributed by atoms with Gasteiger partial charge >= 0.3 is 0 Å². The first-order valence-corrected chi connectivity index (χ1v) is 4.69. The summed E-state index contributed by atoms with van der Waals surface area (Å²) in [4.78, 5) is 4.01. The number of rotatable bonds is 3. The van der Waals surface area contributed by atoms with Crippen LogP contribution in [0.15, 0.2) is 36.9 Å². The van der Waals surface area contributed by atoms with Crippen molar-refractivity contribution in [2.75, 3.05) is 19.5 Å². The molecule has 2 rings (SSSR count). The van der Waals surface area contributed by atoms with E-state index in [0.717, 1.165) is 17.1 Å². The van der Waals surface area contributed by atoms with Crippen molar-refractivity contribution in [1.29, 1.82) is 0 Å². The van der Waals surface area contributed by atoms with E-state index in [9.17, 15) is 0 Å². The Balaban J connectivity index is 2.43. The fourth-order valence-electron chi connectivity index (χ4n) is 1.46. The maximum Gasteiger partial charge on any atom is 0.142 e. The lowest BCUT2D eigenvalue weighted by atomic mass is 10.2. The highest BCUT2D eigenvalue weighted by Crippen LogP contribution is 2.26. The number of hydrogen-bond acceptors (Lipinski definition) is 3. The van der Waals surface area contributed by atoms with Gasteiger partial charge in [0.15, 0.2) is 0 Å². The minimum atomic E-state index is 0.835. The van der Waals surface area contributed by atoms with E-state index in [4.69, 9.17) is 4.74 Å². The number of nitrogens with one attached hydrogen (secondary N) is 1. The van der Waals surface area contributed by atoms with Crippen LogP contribution in [0.25, 0.3) is 5.69 Å². The molecule has 1 aromatic carbocycles. The summed E-state index contributed by atoms with van der Waals surface area (Å²) in [6.07, 6.45) is 5.42. The molecule has 1 N–H and O–H groups in total. The molecule has 0 aliphatic heterocycles. The molecule has 0 aliphatic carbocycles. The first kappa shape index (κ1) is 9.58. The van der Waals surface area contributed by atoms with E-state index in [-0.39, 0.29) is 0 Å².